The second-order valence-electron chi connectivity index (χ2n) is 16.3. The summed E-state index contributed by atoms with van der Waals surface area (Å²) >= 11 is 2.26. The Bertz CT molecular complexity index is 1440. The van der Waals surface area contributed by atoms with E-state index in [1.807, 2.05) is 12.1 Å². The van der Waals surface area contributed by atoms with Crippen LogP contribution in [0.25, 0.3) is 0 Å². The Hall–Kier alpha value is -3.26. The van der Waals surface area contributed by atoms with Crippen LogP contribution in [0.15, 0.2) is 24.3 Å². The molecule has 0 heterocycles. The number of aryl methyl sites for hydroxylation is 1. The molecule has 2 atom stereocenters. The van der Waals surface area contributed by atoms with Crippen LogP contribution in [0.2, 0.25) is 0 Å². The van der Waals surface area contributed by atoms with Crippen LogP contribution in [0.4, 0.5) is 4.79 Å². The first kappa shape index (κ1) is 61.8. The van der Waals surface area contributed by atoms with Gasteiger partial charge in [-0.05, 0) is 112 Å². The first-order valence-corrected chi connectivity index (χ1v) is 24.5. The highest BCUT2D eigenvalue weighted by Gasteiger charge is 2.20. The number of benzene rings is 1. The molecule has 67 heavy (non-hydrogen) atoms. The third-order valence-electron chi connectivity index (χ3n) is 9.23. The summed E-state index contributed by atoms with van der Waals surface area (Å²) in [5.74, 6) is -1.76. The number of hydrogen-bond donors (Lipinski definition) is 6. The Morgan fingerprint density at radius 3 is 1.52 bits per heavy atom. The fraction of sp³-hybridized carbons (Fsp3) is 0.761. The highest BCUT2D eigenvalue weighted by atomic mass is 127. The fourth-order valence-electron chi connectivity index (χ4n) is 5.73. The zero-order chi connectivity index (χ0) is 49.2. The summed E-state index contributed by atoms with van der Waals surface area (Å²) in [6.07, 6.45) is 4.94. The first-order chi connectivity index (χ1) is 32.3. The summed E-state index contributed by atoms with van der Waals surface area (Å²) in [5.41, 5.74) is 6.60. The number of hydrogen-bond acceptors (Lipinski definition) is 15. The highest BCUT2D eigenvalue weighted by Crippen LogP contribution is 2.10. The number of alkyl carbamates (subject to hydrolysis) is 1. The number of carboxylic acids is 1. The lowest BCUT2D eigenvalue weighted by atomic mass is 10.1. The smallest absolute Gasteiger partial charge is 0.407 e. The molecule has 1 aromatic carbocycles. The number of carbonyl (C=O) groups is 5. The van der Waals surface area contributed by atoms with Crippen LogP contribution in [-0.2, 0) is 68.2 Å². The normalized spacial score (nSPS) is 12.3. The quantitative estimate of drug-likeness (QED) is 0.0405. The molecule has 0 bridgehead atoms. The number of halogens is 1. The molecule has 0 aliphatic carbocycles. The molecule has 0 fully saturated rings. The summed E-state index contributed by atoms with van der Waals surface area (Å²) in [7, 11) is 0. The highest BCUT2D eigenvalue weighted by molar-refractivity contribution is 14.1. The minimum absolute atomic E-state index is 0.0212. The zero-order valence-electron chi connectivity index (χ0n) is 40.1. The molecular formula is C46H80IN5O15. The molecule has 0 saturated carbocycles. The van der Waals surface area contributed by atoms with Crippen LogP contribution >= 0.6 is 22.6 Å². The molecule has 0 saturated heterocycles. The Morgan fingerprint density at radius 1 is 0.567 bits per heavy atom. The Labute approximate surface area is 410 Å². The predicted octanol–water partition coefficient (Wildman–Crippen LogP) is 3.13. The first-order valence-electron chi connectivity index (χ1n) is 23.4. The second kappa shape index (κ2) is 41.7. The molecule has 7 N–H and O–H groups in total. The summed E-state index contributed by atoms with van der Waals surface area (Å²) in [5, 5.41) is 20.4. The number of nitrogens with one attached hydrogen (secondary N) is 4. The van der Waals surface area contributed by atoms with Gasteiger partial charge in [0.1, 0.15) is 11.6 Å². The van der Waals surface area contributed by atoms with E-state index in [-0.39, 0.29) is 37.9 Å². The van der Waals surface area contributed by atoms with Crippen molar-refractivity contribution in [2.45, 2.75) is 103 Å². The van der Waals surface area contributed by atoms with Crippen molar-refractivity contribution in [3.05, 3.63) is 33.4 Å². The van der Waals surface area contributed by atoms with Crippen molar-refractivity contribution in [2.75, 3.05) is 125 Å². The lowest BCUT2D eigenvalue weighted by Gasteiger charge is -2.19. The van der Waals surface area contributed by atoms with Crippen LogP contribution in [0.1, 0.15) is 84.1 Å². The fourth-order valence-corrected chi connectivity index (χ4v) is 6.09. The van der Waals surface area contributed by atoms with E-state index in [0.29, 0.717) is 151 Å². The standard InChI is InChI=1S/C46H80IN5O15/c1-46(2,3)67-45(58)51-19-6-4-10-39(48)43(55)50-20-22-60-24-26-62-28-30-64-32-34-66-36-35-65-33-31-63-29-27-61-25-23-59-21-17-42(54)52-40(44(56)57)11-5-7-18-49-41(53)12-8-9-37-13-15-38(47)16-14-37/h13-16,39-40H,4-12,17-36,48H2,1-3H3,(H,49,53)(H,50,55)(H,51,58)(H,52,54)(H,56,57)/t39-,40-/m0/s1. The summed E-state index contributed by atoms with van der Waals surface area (Å²) in [4.78, 5) is 59.8. The largest absolute Gasteiger partial charge is 0.480 e. The van der Waals surface area contributed by atoms with Crippen molar-refractivity contribution in [3.63, 3.8) is 0 Å². The van der Waals surface area contributed by atoms with Crippen molar-refractivity contribution >= 4 is 52.4 Å². The number of rotatable bonds is 44. The maximum atomic E-state index is 12.3. The maximum Gasteiger partial charge on any atom is 0.407 e. The van der Waals surface area contributed by atoms with Crippen LogP contribution < -0.4 is 27.0 Å². The molecule has 386 valence electrons. The van der Waals surface area contributed by atoms with Crippen molar-refractivity contribution in [2.24, 2.45) is 5.73 Å². The van der Waals surface area contributed by atoms with Gasteiger partial charge in [-0.25, -0.2) is 9.59 Å². The minimum Gasteiger partial charge on any atom is -0.480 e. The van der Waals surface area contributed by atoms with Gasteiger partial charge in [-0.1, -0.05) is 12.1 Å². The predicted molar refractivity (Wildman–Crippen MR) is 259 cm³/mol. The number of amides is 4. The van der Waals surface area contributed by atoms with Crippen LogP contribution in [0.5, 0.6) is 0 Å². The van der Waals surface area contributed by atoms with Crippen molar-refractivity contribution in [1.82, 2.24) is 21.3 Å². The molecule has 0 unspecified atom stereocenters. The summed E-state index contributed by atoms with van der Waals surface area (Å²) < 4.78 is 50.1. The van der Waals surface area contributed by atoms with Gasteiger partial charge in [-0.2, -0.15) is 0 Å². The SMILES string of the molecule is CC(C)(C)OC(=O)NCCCC[C@H](N)C(=O)NCCOCCOCCOCCOCCOCCOCCOCCOCCC(=O)N[C@@H](CCCCNC(=O)CCCc1ccc(I)cc1)C(=O)O. The van der Waals surface area contributed by atoms with E-state index in [1.54, 1.807) is 20.8 Å². The van der Waals surface area contributed by atoms with Gasteiger partial charge in [0, 0.05) is 36.0 Å². The van der Waals surface area contributed by atoms with Gasteiger partial charge < -0.3 is 74.7 Å². The Balaban J connectivity index is 1.80. The second-order valence-corrected chi connectivity index (χ2v) is 17.5. The summed E-state index contributed by atoms with van der Waals surface area (Å²) in [6.45, 7) is 12.8. The molecule has 0 aliphatic heterocycles. The minimum atomic E-state index is -1.10. The number of carboxylic acid groups (broad SMARTS) is 1. The molecule has 20 nitrogen and oxygen atoms in total. The van der Waals surface area contributed by atoms with Crippen molar-refractivity contribution in [1.29, 1.82) is 0 Å². The van der Waals surface area contributed by atoms with E-state index in [4.69, 9.17) is 48.4 Å². The van der Waals surface area contributed by atoms with E-state index in [0.717, 1.165) is 12.8 Å². The molecule has 21 heteroatoms. The Morgan fingerprint density at radius 2 is 1.03 bits per heavy atom. The molecule has 0 aromatic heterocycles. The van der Waals surface area contributed by atoms with Gasteiger partial charge in [0.2, 0.25) is 17.7 Å². The monoisotopic (exact) mass is 1070 g/mol. The average Bonchev–Trinajstić information content (AvgIpc) is 3.27. The lowest BCUT2D eigenvalue weighted by Crippen LogP contribution is -2.42. The van der Waals surface area contributed by atoms with Crippen LogP contribution in [-0.4, -0.2) is 178 Å². The van der Waals surface area contributed by atoms with Crippen molar-refractivity contribution < 1.29 is 71.7 Å². The number of carbonyl (C=O) groups excluding carboxylic acids is 4. The number of aliphatic carboxylic acids is 1. The molecular weight excluding hydrogens is 989 g/mol. The molecule has 1 rings (SSSR count). The molecule has 0 spiro atoms. The van der Waals surface area contributed by atoms with E-state index < -0.39 is 35.7 Å². The molecule has 0 aliphatic rings. The van der Waals surface area contributed by atoms with Crippen molar-refractivity contribution in [3.8, 4) is 0 Å². The lowest BCUT2D eigenvalue weighted by molar-refractivity contribution is -0.142. The van der Waals surface area contributed by atoms with Crippen LogP contribution in [0.3, 0.4) is 0 Å². The molecule has 0 radical (unpaired) electrons. The van der Waals surface area contributed by atoms with Gasteiger partial charge >= 0.3 is 12.1 Å². The molecule has 1 aromatic rings. The summed E-state index contributed by atoms with van der Waals surface area (Å²) in [6, 6.07) is 6.62. The van der Waals surface area contributed by atoms with Gasteiger partial charge in [-0.15, -0.1) is 0 Å². The topological polar surface area (TPSA) is 263 Å². The van der Waals surface area contributed by atoms with Gasteiger partial charge in [-0.3, -0.25) is 14.4 Å². The van der Waals surface area contributed by atoms with Gasteiger partial charge in [0.15, 0.2) is 0 Å². The van der Waals surface area contributed by atoms with E-state index >= 15 is 0 Å². The maximum absolute atomic E-state index is 12.3. The van der Waals surface area contributed by atoms with Crippen LogP contribution in [0, 0.1) is 3.57 Å². The van der Waals surface area contributed by atoms with E-state index in [2.05, 4.69) is 56.0 Å². The molecule has 4 amide bonds. The van der Waals surface area contributed by atoms with Gasteiger partial charge in [0.05, 0.1) is 112 Å². The number of nitrogens with two attached hydrogens (primary N) is 1. The number of ether oxygens (including phenoxy) is 9. The third-order valence-corrected chi connectivity index (χ3v) is 9.95. The average molecular weight is 1070 g/mol. The van der Waals surface area contributed by atoms with E-state index in [1.165, 1.54) is 9.13 Å². The van der Waals surface area contributed by atoms with Gasteiger partial charge in [0.25, 0.3) is 0 Å². The van der Waals surface area contributed by atoms with E-state index in [9.17, 15) is 29.1 Å². The third kappa shape index (κ3) is 40.3. The zero-order valence-corrected chi connectivity index (χ0v) is 42.2. The Kier molecular flexibility index (Phi) is 38.4. The number of unbranched alkanes of at least 4 members (excludes halogenated alkanes) is 2.